The van der Waals surface area contributed by atoms with Gasteiger partial charge in [0.1, 0.15) is 5.82 Å². The van der Waals surface area contributed by atoms with Crippen LogP contribution in [0.15, 0.2) is 30.3 Å². The van der Waals surface area contributed by atoms with Gasteiger partial charge >= 0.3 is 6.03 Å². The monoisotopic (exact) mass is 315 g/mol. The summed E-state index contributed by atoms with van der Waals surface area (Å²) in [6.07, 6.45) is 0.0814. The summed E-state index contributed by atoms with van der Waals surface area (Å²) in [5.41, 5.74) is 7.90. The maximum Gasteiger partial charge on any atom is 0.312 e. The van der Waals surface area contributed by atoms with Gasteiger partial charge in [-0.05, 0) is 25.0 Å². The van der Waals surface area contributed by atoms with Crippen molar-refractivity contribution in [2.75, 3.05) is 5.32 Å². The van der Waals surface area contributed by atoms with Gasteiger partial charge in [-0.1, -0.05) is 24.3 Å². The van der Waals surface area contributed by atoms with Crippen LogP contribution in [0.5, 0.6) is 0 Å². The topological polar surface area (TPSA) is 102 Å². The maximum absolute atomic E-state index is 12.3. The van der Waals surface area contributed by atoms with E-state index in [0.29, 0.717) is 5.82 Å². The van der Waals surface area contributed by atoms with Crippen molar-refractivity contribution in [2.45, 2.75) is 26.3 Å². The Morgan fingerprint density at radius 3 is 2.57 bits per heavy atom. The van der Waals surface area contributed by atoms with Gasteiger partial charge in [-0.3, -0.25) is 9.48 Å². The van der Waals surface area contributed by atoms with E-state index in [-0.39, 0.29) is 12.3 Å². The van der Waals surface area contributed by atoms with Gasteiger partial charge in [0, 0.05) is 13.1 Å². The average Bonchev–Trinajstić information content (AvgIpc) is 2.76. The number of carbonyl (C=O) groups is 2. The van der Waals surface area contributed by atoms with Gasteiger partial charge in [0.05, 0.1) is 18.2 Å². The zero-order valence-electron chi connectivity index (χ0n) is 13.5. The first-order chi connectivity index (χ1) is 10.9. The normalized spacial score (nSPS) is 11.8. The standard InChI is InChI=1S/C16H21N5O2/c1-10-6-4-5-7-12(10)13(18-16(17)23)9-15(22)19-14-8-11(2)20-21(14)3/h4-8,13H,9H2,1-3H3,(H,19,22)(H3,17,18,23)/t13-/m1/s1. The molecular formula is C16H21N5O2. The number of rotatable bonds is 5. The summed E-state index contributed by atoms with van der Waals surface area (Å²) in [6.45, 7) is 3.77. The Morgan fingerprint density at radius 1 is 1.30 bits per heavy atom. The van der Waals surface area contributed by atoms with E-state index in [0.717, 1.165) is 16.8 Å². The molecule has 0 saturated carbocycles. The minimum absolute atomic E-state index is 0.0814. The van der Waals surface area contributed by atoms with E-state index in [2.05, 4.69) is 15.7 Å². The minimum atomic E-state index is -0.664. The van der Waals surface area contributed by atoms with Crippen LogP contribution in [0.1, 0.15) is 29.3 Å². The number of primary amides is 1. The molecule has 0 aliphatic heterocycles. The molecule has 122 valence electrons. The molecule has 4 N–H and O–H groups in total. The molecule has 2 aromatic rings. The molecule has 1 heterocycles. The van der Waals surface area contributed by atoms with Crippen molar-refractivity contribution in [2.24, 2.45) is 12.8 Å². The summed E-state index contributed by atoms with van der Waals surface area (Å²) in [5.74, 6) is 0.380. The summed E-state index contributed by atoms with van der Waals surface area (Å²) in [6, 6.07) is 8.19. The van der Waals surface area contributed by atoms with Gasteiger partial charge in [-0.15, -0.1) is 0 Å². The van der Waals surface area contributed by atoms with Crippen LogP contribution < -0.4 is 16.4 Å². The Labute approximate surface area is 134 Å². The Morgan fingerprint density at radius 2 is 2.00 bits per heavy atom. The van der Waals surface area contributed by atoms with Gasteiger partial charge in [-0.2, -0.15) is 5.10 Å². The van der Waals surface area contributed by atoms with E-state index in [1.54, 1.807) is 17.8 Å². The molecule has 0 bridgehead atoms. The minimum Gasteiger partial charge on any atom is -0.352 e. The van der Waals surface area contributed by atoms with E-state index in [1.165, 1.54) is 0 Å². The molecule has 0 spiro atoms. The molecule has 7 nitrogen and oxygen atoms in total. The fraction of sp³-hybridized carbons (Fsp3) is 0.312. The number of urea groups is 1. The van der Waals surface area contributed by atoms with Crippen molar-refractivity contribution in [3.05, 3.63) is 47.2 Å². The lowest BCUT2D eigenvalue weighted by Gasteiger charge is -2.19. The molecule has 0 aliphatic carbocycles. The van der Waals surface area contributed by atoms with Gasteiger partial charge in [0.2, 0.25) is 5.91 Å². The second-order valence-electron chi connectivity index (χ2n) is 5.46. The predicted molar refractivity (Wildman–Crippen MR) is 87.8 cm³/mol. The zero-order valence-corrected chi connectivity index (χ0v) is 13.5. The lowest BCUT2D eigenvalue weighted by molar-refractivity contribution is -0.116. The maximum atomic E-state index is 12.3. The molecule has 1 aromatic heterocycles. The zero-order chi connectivity index (χ0) is 17.0. The van der Waals surface area contributed by atoms with Crippen LogP contribution in [-0.2, 0) is 11.8 Å². The van der Waals surface area contributed by atoms with E-state index < -0.39 is 12.1 Å². The summed E-state index contributed by atoms with van der Waals surface area (Å²) in [4.78, 5) is 23.6. The highest BCUT2D eigenvalue weighted by atomic mass is 16.2. The third-order valence-electron chi connectivity index (χ3n) is 3.54. The number of carbonyl (C=O) groups excluding carboxylic acids is 2. The number of nitrogens with one attached hydrogen (secondary N) is 2. The lowest BCUT2D eigenvalue weighted by atomic mass is 9.98. The highest BCUT2D eigenvalue weighted by Gasteiger charge is 2.19. The Kier molecular flexibility index (Phi) is 5.00. The van der Waals surface area contributed by atoms with E-state index in [1.807, 2.05) is 38.1 Å². The third kappa shape index (κ3) is 4.32. The number of nitrogens with two attached hydrogens (primary N) is 1. The van der Waals surface area contributed by atoms with Crippen molar-refractivity contribution in [3.8, 4) is 0 Å². The summed E-state index contributed by atoms with van der Waals surface area (Å²) < 4.78 is 1.59. The summed E-state index contributed by atoms with van der Waals surface area (Å²) >= 11 is 0. The van der Waals surface area contributed by atoms with E-state index in [4.69, 9.17) is 5.73 Å². The molecule has 1 atom stereocenters. The first-order valence-electron chi connectivity index (χ1n) is 7.29. The fourth-order valence-corrected chi connectivity index (χ4v) is 2.50. The Balaban J connectivity index is 2.14. The third-order valence-corrected chi connectivity index (χ3v) is 3.54. The quantitative estimate of drug-likeness (QED) is 0.783. The first kappa shape index (κ1) is 16.5. The first-order valence-corrected chi connectivity index (χ1v) is 7.29. The Hall–Kier alpha value is -2.83. The summed E-state index contributed by atoms with van der Waals surface area (Å²) in [5, 5.41) is 9.60. The highest BCUT2D eigenvalue weighted by Crippen LogP contribution is 2.21. The molecule has 2 rings (SSSR count). The second kappa shape index (κ2) is 6.95. The number of hydrogen-bond donors (Lipinski definition) is 3. The molecule has 0 radical (unpaired) electrons. The largest absolute Gasteiger partial charge is 0.352 e. The number of anilines is 1. The molecule has 0 aliphatic rings. The van der Waals surface area contributed by atoms with Crippen molar-refractivity contribution in [1.29, 1.82) is 0 Å². The number of nitrogens with zero attached hydrogens (tertiary/aromatic N) is 2. The number of amides is 3. The van der Waals surface area contributed by atoms with Crippen LogP contribution in [0.3, 0.4) is 0 Å². The van der Waals surface area contributed by atoms with E-state index in [9.17, 15) is 9.59 Å². The van der Waals surface area contributed by atoms with E-state index >= 15 is 0 Å². The van der Waals surface area contributed by atoms with Gasteiger partial charge in [0.15, 0.2) is 0 Å². The fourth-order valence-electron chi connectivity index (χ4n) is 2.50. The van der Waals surface area contributed by atoms with Crippen LogP contribution in [-0.4, -0.2) is 21.7 Å². The second-order valence-corrected chi connectivity index (χ2v) is 5.46. The van der Waals surface area contributed by atoms with Gasteiger partial charge < -0.3 is 16.4 Å². The van der Waals surface area contributed by atoms with Crippen LogP contribution in [0.25, 0.3) is 0 Å². The SMILES string of the molecule is Cc1cc(NC(=O)C[C@@H](NC(N)=O)c2ccccc2C)n(C)n1. The molecule has 0 saturated heterocycles. The van der Waals surface area contributed by atoms with Crippen LogP contribution >= 0.6 is 0 Å². The molecule has 0 fully saturated rings. The lowest BCUT2D eigenvalue weighted by Crippen LogP contribution is -2.35. The molecule has 3 amide bonds. The average molecular weight is 315 g/mol. The molecule has 7 heteroatoms. The van der Waals surface area contributed by atoms with Gasteiger partial charge in [0.25, 0.3) is 0 Å². The number of hydrogen-bond acceptors (Lipinski definition) is 3. The number of aryl methyl sites for hydroxylation is 3. The molecular weight excluding hydrogens is 294 g/mol. The molecule has 23 heavy (non-hydrogen) atoms. The van der Waals surface area contributed by atoms with Crippen molar-refractivity contribution in [1.82, 2.24) is 15.1 Å². The molecule has 0 unspecified atom stereocenters. The van der Waals surface area contributed by atoms with Crippen molar-refractivity contribution < 1.29 is 9.59 Å². The summed E-state index contributed by atoms with van der Waals surface area (Å²) in [7, 11) is 1.75. The smallest absolute Gasteiger partial charge is 0.312 e. The Bertz CT molecular complexity index is 723. The molecule has 1 aromatic carbocycles. The number of benzene rings is 1. The van der Waals surface area contributed by atoms with Crippen molar-refractivity contribution >= 4 is 17.8 Å². The predicted octanol–water partition coefficient (Wildman–Crippen LogP) is 1.78. The van der Waals surface area contributed by atoms with Gasteiger partial charge in [-0.25, -0.2) is 4.79 Å². The van der Waals surface area contributed by atoms with Crippen LogP contribution in [0.4, 0.5) is 10.6 Å². The van der Waals surface area contributed by atoms with Crippen LogP contribution in [0.2, 0.25) is 0 Å². The van der Waals surface area contributed by atoms with Crippen LogP contribution in [0, 0.1) is 13.8 Å². The highest BCUT2D eigenvalue weighted by molar-refractivity contribution is 5.90. The number of aromatic nitrogens is 2. The van der Waals surface area contributed by atoms with Crippen molar-refractivity contribution in [3.63, 3.8) is 0 Å².